The summed E-state index contributed by atoms with van der Waals surface area (Å²) in [5, 5.41) is 10.9. The number of rotatable bonds is 5. The first-order chi connectivity index (χ1) is 9.02. The maximum atomic E-state index is 11.3. The lowest BCUT2D eigenvalue weighted by molar-refractivity contribution is -0.386. The monoisotopic (exact) mass is 329 g/mol. The fourth-order valence-electron chi connectivity index (χ4n) is 1.85. The van der Waals surface area contributed by atoms with Crippen LogP contribution in [0.5, 0.6) is 5.75 Å². The topological polar surface area (TPSA) is 78.7 Å². The number of ether oxygens (including phenoxy) is 2. The molecule has 0 spiro atoms. The smallest absolute Gasteiger partial charge is 0.312 e. The predicted molar refractivity (Wildman–Crippen MR) is 70.3 cm³/mol. The van der Waals surface area contributed by atoms with Gasteiger partial charge in [0, 0.05) is 23.6 Å². The number of hydrogen-bond donors (Lipinski definition) is 0. The summed E-state index contributed by atoms with van der Waals surface area (Å²) in [5.41, 5.74) is -0.135. The highest BCUT2D eigenvalue weighted by atomic mass is 79.9. The Labute approximate surface area is 118 Å². The summed E-state index contributed by atoms with van der Waals surface area (Å²) in [4.78, 5) is 21.8. The Morgan fingerprint density at radius 3 is 2.84 bits per heavy atom. The second kappa shape index (κ2) is 5.66. The summed E-state index contributed by atoms with van der Waals surface area (Å²) < 4.78 is 11.4. The van der Waals surface area contributed by atoms with Crippen LogP contribution in [0.15, 0.2) is 22.7 Å². The fraction of sp³-hybridized carbons (Fsp3) is 0.417. The van der Waals surface area contributed by atoms with Crippen LogP contribution in [0.2, 0.25) is 0 Å². The SMILES string of the molecule is CCOC1C(=O)CC1Oc1ccc(Br)cc1[N+](=O)[O-]. The molecule has 7 heteroatoms. The number of nitrogens with zero attached hydrogens (tertiary/aromatic N) is 1. The van der Waals surface area contributed by atoms with Crippen molar-refractivity contribution in [1.29, 1.82) is 0 Å². The van der Waals surface area contributed by atoms with Gasteiger partial charge < -0.3 is 9.47 Å². The third-order valence-electron chi connectivity index (χ3n) is 2.80. The van der Waals surface area contributed by atoms with Gasteiger partial charge >= 0.3 is 5.69 Å². The molecule has 0 heterocycles. The largest absolute Gasteiger partial charge is 0.480 e. The molecule has 1 aliphatic carbocycles. The zero-order valence-electron chi connectivity index (χ0n) is 10.2. The molecule has 0 amide bonds. The van der Waals surface area contributed by atoms with Crippen molar-refractivity contribution in [2.75, 3.05) is 6.61 Å². The molecule has 0 N–H and O–H groups in total. The molecule has 0 aromatic heterocycles. The number of halogens is 1. The maximum absolute atomic E-state index is 11.3. The van der Waals surface area contributed by atoms with Gasteiger partial charge in [0.25, 0.3) is 0 Å². The van der Waals surface area contributed by atoms with Crippen molar-refractivity contribution < 1.29 is 19.2 Å². The van der Waals surface area contributed by atoms with Crippen molar-refractivity contribution in [1.82, 2.24) is 0 Å². The van der Waals surface area contributed by atoms with E-state index in [0.29, 0.717) is 11.1 Å². The van der Waals surface area contributed by atoms with E-state index in [9.17, 15) is 14.9 Å². The average molecular weight is 330 g/mol. The molecular formula is C12H12BrNO5. The average Bonchev–Trinajstić information content (AvgIpc) is 2.37. The van der Waals surface area contributed by atoms with E-state index >= 15 is 0 Å². The molecule has 1 fully saturated rings. The predicted octanol–water partition coefficient (Wildman–Crippen LogP) is 2.48. The third-order valence-corrected chi connectivity index (χ3v) is 3.29. The lowest BCUT2D eigenvalue weighted by atomic mass is 9.90. The second-order valence-corrected chi connectivity index (χ2v) is 4.99. The molecule has 0 saturated heterocycles. The Morgan fingerprint density at radius 1 is 1.53 bits per heavy atom. The van der Waals surface area contributed by atoms with Crippen molar-refractivity contribution in [2.45, 2.75) is 25.6 Å². The van der Waals surface area contributed by atoms with E-state index < -0.39 is 17.1 Å². The van der Waals surface area contributed by atoms with Crippen molar-refractivity contribution in [3.05, 3.63) is 32.8 Å². The molecule has 1 aromatic rings. The first-order valence-corrected chi connectivity index (χ1v) is 6.57. The minimum Gasteiger partial charge on any atom is -0.480 e. The number of ketones is 1. The molecule has 2 atom stereocenters. The Bertz CT molecular complexity index is 519. The van der Waals surface area contributed by atoms with Gasteiger partial charge in [0.1, 0.15) is 6.10 Å². The maximum Gasteiger partial charge on any atom is 0.312 e. The first kappa shape index (κ1) is 14.0. The van der Waals surface area contributed by atoms with Gasteiger partial charge in [-0.15, -0.1) is 0 Å². The molecule has 102 valence electrons. The van der Waals surface area contributed by atoms with Crippen LogP contribution in [0.4, 0.5) is 5.69 Å². The number of benzene rings is 1. The highest BCUT2D eigenvalue weighted by Crippen LogP contribution is 2.34. The number of hydrogen-bond acceptors (Lipinski definition) is 5. The lowest BCUT2D eigenvalue weighted by Gasteiger charge is -2.34. The number of Topliss-reactive ketones (excluding diaryl/α,β-unsaturated/α-hetero) is 1. The van der Waals surface area contributed by atoms with Gasteiger partial charge in [0.2, 0.25) is 0 Å². The van der Waals surface area contributed by atoms with Crippen LogP contribution in [0.3, 0.4) is 0 Å². The molecule has 6 nitrogen and oxygen atoms in total. The number of nitro benzene ring substituents is 1. The van der Waals surface area contributed by atoms with Crippen LogP contribution in [-0.4, -0.2) is 29.5 Å². The zero-order chi connectivity index (χ0) is 14.0. The highest BCUT2D eigenvalue weighted by Gasteiger charge is 2.43. The van der Waals surface area contributed by atoms with Gasteiger partial charge in [-0.3, -0.25) is 14.9 Å². The molecule has 19 heavy (non-hydrogen) atoms. The van der Waals surface area contributed by atoms with E-state index in [1.54, 1.807) is 13.0 Å². The van der Waals surface area contributed by atoms with E-state index in [1.165, 1.54) is 12.1 Å². The summed E-state index contributed by atoms with van der Waals surface area (Å²) in [6.45, 7) is 2.18. The Hall–Kier alpha value is -1.47. The minimum absolute atomic E-state index is 0.0355. The number of carbonyl (C=O) groups is 1. The van der Waals surface area contributed by atoms with E-state index in [2.05, 4.69) is 15.9 Å². The van der Waals surface area contributed by atoms with Gasteiger partial charge in [0.15, 0.2) is 17.6 Å². The highest BCUT2D eigenvalue weighted by molar-refractivity contribution is 9.10. The van der Waals surface area contributed by atoms with Crippen LogP contribution in [0.25, 0.3) is 0 Å². The van der Waals surface area contributed by atoms with Crippen molar-refractivity contribution in [2.24, 2.45) is 0 Å². The van der Waals surface area contributed by atoms with E-state index in [-0.39, 0.29) is 23.6 Å². The lowest BCUT2D eigenvalue weighted by Crippen LogP contribution is -2.52. The summed E-state index contributed by atoms with van der Waals surface area (Å²) in [7, 11) is 0. The Kier molecular flexibility index (Phi) is 4.16. The van der Waals surface area contributed by atoms with Crippen LogP contribution in [0, 0.1) is 10.1 Å². The van der Waals surface area contributed by atoms with Crippen molar-refractivity contribution >= 4 is 27.4 Å². The summed E-state index contributed by atoms with van der Waals surface area (Å²) in [6, 6.07) is 4.53. The Morgan fingerprint density at radius 2 is 2.26 bits per heavy atom. The second-order valence-electron chi connectivity index (χ2n) is 4.07. The Balaban J connectivity index is 2.15. The summed E-state index contributed by atoms with van der Waals surface area (Å²) in [6.07, 6.45) is -0.849. The third kappa shape index (κ3) is 2.93. The van der Waals surface area contributed by atoms with E-state index in [1.807, 2.05) is 0 Å². The van der Waals surface area contributed by atoms with Gasteiger partial charge in [-0.05, 0) is 19.1 Å². The summed E-state index contributed by atoms with van der Waals surface area (Å²) >= 11 is 3.17. The molecule has 0 bridgehead atoms. The van der Waals surface area contributed by atoms with Crippen LogP contribution in [-0.2, 0) is 9.53 Å². The van der Waals surface area contributed by atoms with Crippen LogP contribution in [0.1, 0.15) is 13.3 Å². The normalized spacial score (nSPS) is 21.9. The van der Waals surface area contributed by atoms with Crippen LogP contribution < -0.4 is 4.74 Å². The van der Waals surface area contributed by atoms with Gasteiger partial charge in [0.05, 0.1) is 4.92 Å². The fourth-order valence-corrected chi connectivity index (χ4v) is 2.20. The molecule has 2 rings (SSSR count). The molecule has 1 saturated carbocycles. The molecule has 1 aliphatic rings. The van der Waals surface area contributed by atoms with Gasteiger partial charge in [-0.25, -0.2) is 0 Å². The molecular weight excluding hydrogens is 318 g/mol. The molecule has 2 unspecified atom stereocenters. The molecule has 0 radical (unpaired) electrons. The van der Waals surface area contributed by atoms with Crippen LogP contribution >= 0.6 is 15.9 Å². The van der Waals surface area contributed by atoms with Gasteiger partial charge in [-0.1, -0.05) is 15.9 Å². The minimum atomic E-state index is -0.617. The zero-order valence-corrected chi connectivity index (χ0v) is 11.8. The molecule has 1 aromatic carbocycles. The summed E-state index contributed by atoms with van der Waals surface area (Å²) in [5.74, 6) is 0.113. The van der Waals surface area contributed by atoms with Crippen molar-refractivity contribution in [3.63, 3.8) is 0 Å². The number of carbonyl (C=O) groups excluding carboxylic acids is 1. The van der Waals surface area contributed by atoms with E-state index in [4.69, 9.17) is 9.47 Å². The molecule has 0 aliphatic heterocycles. The van der Waals surface area contributed by atoms with Crippen molar-refractivity contribution in [3.8, 4) is 5.75 Å². The quantitative estimate of drug-likeness (QED) is 0.612. The van der Waals surface area contributed by atoms with E-state index in [0.717, 1.165) is 0 Å². The first-order valence-electron chi connectivity index (χ1n) is 5.78. The number of nitro groups is 1. The van der Waals surface area contributed by atoms with Gasteiger partial charge in [-0.2, -0.15) is 0 Å². The standard InChI is InChI=1S/C12H12BrNO5/c1-2-18-12-9(15)6-11(12)19-10-4-3-7(13)5-8(10)14(16)17/h3-5,11-12H,2,6H2,1H3.